The molecule has 3 N–H and O–H groups in total. The predicted octanol–water partition coefficient (Wildman–Crippen LogP) is 6.34. The zero-order valence-corrected chi connectivity index (χ0v) is 23.4. The summed E-state index contributed by atoms with van der Waals surface area (Å²) in [6.45, 7) is 5.49. The Morgan fingerprint density at radius 2 is 1.66 bits per heavy atom. The van der Waals surface area contributed by atoms with Crippen molar-refractivity contribution in [3.63, 3.8) is 0 Å². The van der Waals surface area contributed by atoms with Gasteiger partial charge in [-0.2, -0.15) is 0 Å². The smallest absolute Gasteiger partial charge is 0.341 e. The lowest BCUT2D eigenvalue weighted by atomic mass is 10.1. The molecule has 0 aliphatic heterocycles. The van der Waals surface area contributed by atoms with Crippen molar-refractivity contribution >= 4 is 63.2 Å². The largest absolute Gasteiger partial charge is 0.465 e. The van der Waals surface area contributed by atoms with Crippen LogP contribution in [0.2, 0.25) is 0 Å². The molecule has 1 aromatic heterocycles. The SMILES string of the molecule is CCCC(=O)Nc1cccc(SC(CC)C(=O)Nc2sc(C(=O)Nc3ccccc3)c(C)c2C(=O)OC)c1. The number of para-hydroxylation sites is 1. The van der Waals surface area contributed by atoms with Gasteiger partial charge in [-0.05, 0) is 55.7 Å². The molecule has 0 radical (unpaired) electrons. The van der Waals surface area contributed by atoms with E-state index in [0.717, 1.165) is 22.7 Å². The average molecular weight is 554 g/mol. The van der Waals surface area contributed by atoms with Crippen molar-refractivity contribution in [1.29, 1.82) is 0 Å². The van der Waals surface area contributed by atoms with E-state index in [-0.39, 0.29) is 28.3 Å². The maximum absolute atomic E-state index is 13.3. The zero-order valence-electron chi connectivity index (χ0n) is 21.8. The van der Waals surface area contributed by atoms with Gasteiger partial charge in [0.2, 0.25) is 11.8 Å². The second kappa shape index (κ2) is 13.8. The van der Waals surface area contributed by atoms with E-state index in [1.54, 1.807) is 37.3 Å². The van der Waals surface area contributed by atoms with E-state index in [4.69, 9.17) is 4.74 Å². The third-order valence-corrected chi connectivity index (χ3v) is 8.11. The molecule has 3 aromatic rings. The summed E-state index contributed by atoms with van der Waals surface area (Å²) >= 11 is 2.39. The van der Waals surface area contributed by atoms with Crippen molar-refractivity contribution in [1.82, 2.24) is 0 Å². The molecule has 0 saturated carbocycles. The Morgan fingerprint density at radius 3 is 2.32 bits per heavy atom. The van der Waals surface area contributed by atoms with Gasteiger partial charge in [0.1, 0.15) is 5.00 Å². The minimum absolute atomic E-state index is 0.0602. The molecular formula is C28H31N3O5S2. The molecule has 0 aliphatic rings. The number of hydrogen-bond acceptors (Lipinski definition) is 7. The highest BCUT2D eigenvalue weighted by molar-refractivity contribution is 8.00. The van der Waals surface area contributed by atoms with E-state index in [9.17, 15) is 19.2 Å². The number of carbonyl (C=O) groups excluding carboxylic acids is 4. The molecule has 3 rings (SSSR count). The number of hydrogen-bond donors (Lipinski definition) is 3. The summed E-state index contributed by atoms with van der Waals surface area (Å²) in [4.78, 5) is 51.9. The summed E-state index contributed by atoms with van der Waals surface area (Å²) in [6, 6.07) is 16.3. The second-order valence-electron chi connectivity index (χ2n) is 8.40. The quantitative estimate of drug-likeness (QED) is 0.189. The molecular weight excluding hydrogens is 522 g/mol. The molecule has 0 fully saturated rings. The van der Waals surface area contributed by atoms with E-state index in [1.165, 1.54) is 18.9 Å². The van der Waals surface area contributed by atoms with Gasteiger partial charge in [0.05, 0.1) is 22.8 Å². The van der Waals surface area contributed by atoms with E-state index >= 15 is 0 Å². The van der Waals surface area contributed by atoms with Gasteiger partial charge in [-0.15, -0.1) is 23.1 Å². The first-order valence-corrected chi connectivity index (χ1v) is 13.9. The average Bonchev–Trinajstić information content (AvgIpc) is 3.23. The Bertz CT molecular complexity index is 1310. The molecule has 8 nitrogen and oxygen atoms in total. The van der Waals surface area contributed by atoms with Crippen LogP contribution in [0.5, 0.6) is 0 Å². The number of anilines is 3. The number of nitrogens with one attached hydrogen (secondary N) is 3. The van der Waals surface area contributed by atoms with Gasteiger partial charge in [-0.25, -0.2) is 4.79 Å². The Morgan fingerprint density at radius 1 is 0.947 bits per heavy atom. The van der Waals surface area contributed by atoms with Crippen molar-refractivity contribution in [2.75, 3.05) is 23.1 Å². The van der Waals surface area contributed by atoms with Crippen LogP contribution in [0.15, 0.2) is 59.5 Å². The summed E-state index contributed by atoms with van der Waals surface area (Å²) < 4.78 is 4.94. The number of esters is 1. The van der Waals surface area contributed by atoms with Crippen molar-refractivity contribution in [3.05, 3.63) is 70.6 Å². The molecule has 0 spiro atoms. The third-order valence-electron chi connectivity index (χ3n) is 5.55. The minimum Gasteiger partial charge on any atom is -0.465 e. The molecule has 2 aromatic carbocycles. The number of methoxy groups -OCH3 is 1. The Kier molecular flexibility index (Phi) is 10.5. The summed E-state index contributed by atoms with van der Waals surface area (Å²) in [5, 5.41) is 8.31. The topological polar surface area (TPSA) is 114 Å². The van der Waals surface area contributed by atoms with E-state index in [1.807, 2.05) is 38.1 Å². The maximum atomic E-state index is 13.3. The van der Waals surface area contributed by atoms with Gasteiger partial charge in [0.25, 0.3) is 5.91 Å². The van der Waals surface area contributed by atoms with Crippen molar-refractivity contribution in [2.24, 2.45) is 0 Å². The van der Waals surface area contributed by atoms with Crippen LogP contribution in [0, 0.1) is 6.92 Å². The molecule has 200 valence electrons. The van der Waals surface area contributed by atoms with Crippen LogP contribution in [-0.2, 0) is 14.3 Å². The van der Waals surface area contributed by atoms with Crippen LogP contribution in [0.3, 0.4) is 0 Å². The molecule has 3 amide bonds. The van der Waals surface area contributed by atoms with Gasteiger partial charge < -0.3 is 20.7 Å². The first-order chi connectivity index (χ1) is 18.3. The second-order valence-corrected chi connectivity index (χ2v) is 10.7. The molecule has 38 heavy (non-hydrogen) atoms. The Balaban J connectivity index is 1.80. The Hall–Kier alpha value is -3.63. The van der Waals surface area contributed by atoms with Gasteiger partial charge in [-0.3, -0.25) is 14.4 Å². The fraction of sp³-hybridized carbons (Fsp3) is 0.286. The van der Waals surface area contributed by atoms with Gasteiger partial charge in [0, 0.05) is 22.7 Å². The summed E-state index contributed by atoms with van der Waals surface area (Å²) in [5.74, 6) is -1.38. The highest BCUT2D eigenvalue weighted by Gasteiger charge is 2.28. The van der Waals surface area contributed by atoms with Gasteiger partial charge in [-0.1, -0.05) is 38.1 Å². The number of amides is 3. The fourth-order valence-electron chi connectivity index (χ4n) is 3.65. The number of thioether (sulfide) groups is 1. The number of carbonyl (C=O) groups is 4. The number of rotatable bonds is 11. The van der Waals surface area contributed by atoms with Crippen LogP contribution in [0.1, 0.15) is 58.7 Å². The molecule has 0 aliphatic carbocycles. The Labute approximate surface area is 230 Å². The monoisotopic (exact) mass is 553 g/mol. The number of thiophene rings is 1. The van der Waals surface area contributed by atoms with Crippen LogP contribution < -0.4 is 16.0 Å². The number of benzene rings is 2. The van der Waals surface area contributed by atoms with Crippen LogP contribution in [-0.4, -0.2) is 36.1 Å². The first kappa shape index (κ1) is 28.9. The molecule has 1 atom stereocenters. The molecule has 1 heterocycles. The lowest BCUT2D eigenvalue weighted by molar-refractivity contribution is -0.116. The minimum atomic E-state index is -0.635. The highest BCUT2D eigenvalue weighted by atomic mass is 32.2. The van der Waals surface area contributed by atoms with Gasteiger partial charge in [0.15, 0.2) is 0 Å². The van der Waals surface area contributed by atoms with Crippen molar-refractivity contribution < 1.29 is 23.9 Å². The van der Waals surface area contributed by atoms with E-state index in [0.29, 0.717) is 34.7 Å². The standard InChI is InChI=1S/C28H31N3O5S2/c1-5-11-22(32)29-19-14-10-15-20(16-19)37-21(6-2)25(33)31-27-23(28(35)36-4)17(3)24(38-27)26(34)30-18-12-8-7-9-13-18/h7-10,12-16,21H,5-6,11H2,1-4H3,(H,29,32)(H,30,34)(H,31,33). The zero-order chi connectivity index (χ0) is 27.7. The highest BCUT2D eigenvalue weighted by Crippen LogP contribution is 2.36. The lowest BCUT2D eigenvalue weighted by Gasteiger charge is -2.15. The predicted molar refractivity (Wildman–Crippen MR) is 153 cm³/mol. The molecule has 1 unspecified atom stereocenters. The van der Waals surface area contributed by atoms with E-state index in [2.05, 4.69) is 16.0 Å². The first-order valence-electron chi connectivity index (χ1n) is 12.2. The fourth-order valence-corrected chi connectivity index (χ4v) is 5.76. The van der Waals surface area contributed by atoms with Crippen molar-refractivity contribution in [2.45, 2.75) is 50.2 Å². The lowest BCUT2D eigenvalue weighted by Crippen LogP contribution is -2.25. The van der Waals surface area contributed by atoms with Crippen LogP contribution in [0.25, 0.3) is 0 Å². The normalized spacial score (nSPS) is 11.4. The maximum Gasteiger partial charge on any atom is 0.341 e. The number of ether oxygens (including phenoxy) is 1. The van der Waals surface area contributed by atoms with Gasteiger partial charge >= 0.3 is 5.97 Å². The van der Waals surface area contributed by atoms with E-state index < -0.39 is 11.2 Å². The van der Waals surface area contributed by atoms with Crippen LogP contribution >= 0.6 is 23.1 Å². The molecule has 0 bridgehead atoms. The summed E-state index contributed by atoms with van der Waals surface area (Å²) in [5.41, 5.74) is 1.87. The summed E-state index contributed by atoms with van der Waals surface area (Å²) in [6.07, 6.45) is 1.71. The molecule has 0 saturated heterocycles. The molecule has 10 heteroatoms. The van der Waals surface area contributed by atoms with Crippen molar-refractivity contribution in [3.8, 4) is 0 Å². The van der Waals surface area contributed by atoms with Crippen LogP contribution in [0.4, 0.5) is 16.4 Å². The summed E-state index contributed by atoms with van der Waals surface area (Å²) in [7, 11) is 1.26. The third kappa shape index (κ3) is 7.45.